The number of nitrogens with zero attached hydrogens (tertiary/aromatic N) is 2. The number of anilines is 2. The first-order chi connectivity index (χ1) is 17.5. The first kappa shape index (κ1) is 28.3. The summed E-state index contributed by atoms with van der Waals surface area (Å²) < 4.78 is 0. The van der Waals surface area contributed by atoms with Gasteiger partial charge < -0.3 is 9.80 Å². The molecule has 1 atom stereocenters. The van der Waals surface area contributed by atoms with Gasteiger partial charge >= 0.3 is 0 Å². The minimum absolute atomic E-state index is 0.128. The van der Waals surface area contributed by atoms with Gasteiger partial charge in [0.05, 0.1) is 5.92 Å². The predicted molar refractivity (Wildman–Crippen MR) is 157 cm³/mol. The fraction of sp³-hybridized carbons (Fsp3) is 0.531. The first-order valence-corrected chi connectivity index (χ1v) is 14.6. The van der Waals surface area contributed by atoms with E-state index in [1.54, 1.807) is 0 Å². The van der Waals surface area contributed by atoms with Gasteiger partial charge in [-0.25, -0.2) is 0 Å². The number of rotatable bonds is 16. The van der Waals surface area contributed by atoms with Crippen molar-refractivity contribution in [3.8, 4) is 0 Å². The monoisotopic (exact) mass is 508 g/mol. The van der Waals surface area contributed by atoms with E-state index in [4.69, 9.17) is 11.6 Å². The summed E-state index contributed by atoms with van der Waals surface area (Å²) >= 11 is 6.76. The van der Waals surface area contributed by atoms with Crippen LogP contribution in [0, 0.1) is 0 Å². The van der Waals surface area contributed by atoms with Crippen molar-refractivity contribution in [1.29, 1.82) is 0 Å². The predicted octanol–water partition coefficient (Wildman–Crippen LogP) is 8.82. The zero-order chi connectivity index (χ0) is 25.9. The minimum Gasteiger partial charge on any atom is -0.372 e. The molecule has 0 bridgehead atoms. The summed E-state index contributed by atoms with van der Waals surface area (Å²) in [4.78, 5) is 18.1. The molecular weight excluding hydrogens is 464 g/mol. The van der Waals surface area contributed by atoms with Crippen LogP contribution < -0.4 is 9.80 Å². The number of carbonyl (C=O) groups excluding carboxylic acids is 1. The highest BCUT2D eigenvalue weighted by molar-refractivity contribution is 6.49. The van der Waals surface area contributed by atoms with Gasteiger partial charge in [0.25, 0.3) is 0 Å². The fourth-order valence-electron chi connectivity index (χ4n) is 4.87. The van der Waals surface area contributed by atoms with E-state index in [0.717, 1.165) is 37.3 Å². The van der Waals surface area contributed by atoms with Gasteiger partial charge in [0, 0.05) is 48.2 Å². The number of hydrogen-bond acceptors (Lipinski definition) is 3. The van der Waals surface area contributed by atoms with Crippen molar-refractivity contribution in [1.82, 2.24) is 0 Å². The SMILES string of the molecule is CCCCN(CCCC)c1ccc(C2=C(Cl)C(c3ccc(N(CCCC)CCCC)cc3)C2=O)cc1. The van der Waals surface area contributed by atoms with E-state index in [9.17, 15) is 4.79 Å². The summed E-state index contributed by atoms with van der Waals surface area (Å²) in [5.41, 5.74) is 5.06. The lowest BCUT2D eigenvalue weighted by atomic mass is 9.76. The molecule has 4 heteroatoms. The summed E-state index contributed by atoms with van der Waals surface area (Å²) in [7, 11) is 0. The molecule has 1 unspecified atom stereocenters. The summed E-state index contributed by atoms with van der Waals surface area (Å²) in [6.07, 6.45) is 9.53. The molecule has 0 aliphatic heterocycles. The van der Waals surface area contributed by atoms with E-state index in [2.05, 4.69) is 86.0 Å². The van der Waals surface area contributed by atoms with Crippen LogP contribution in [0.5, 0.6) is 0 Å². The standard InChI is InChI=1S/C32H45ClN2O/c1-5-9-21-34(22-10-6-2)27-17-13-25(14-18-27)29-31(33)30(32(29)36)26-15-19-28(20-16-26)35(23-11-7-3)24-12-8-4/h13-20,29H,5-12,21-24H2,1-4H3. The lowest BCUT2D eigenvalue weighted by Crippen LogP contribution is -2.27. The maximum Gasteiger partial charge on any atom is 0.177 e. The number of benzene rings is 2. The molecular formula is C32H45ClN2O. The topological polar surface area (TPSA) is 23.6 Å². The van der Waals surface area contributed by atoms with Crippen molar-refractivity contribution >= 4 is 34.3 Å². The molecule has 0 aromatic heterocycles. The molecule has 36 heavy (non-hydrogen) atoms. The van der Waals surface area contributed by atoms with Gasteiger partial charge in [-0.3, -0.25) is 4.79 Å². The maximum atomic E-state index is 13.2. The highest BCUT2D eigenvalue weighted by atomic mass is 35.5. The fourth-order valence-corrected chi connectivity index (χ4v) is 5.30. The summed E-state index contributed by atoms with van der Waals surface area (Å²) in [6, 6.07) is 16.9. The number of Topliss-reactive ketones (excluding diaryl/α,β-unsaturated/α-hetero) is 1. The van der Waals surface area contributed by atoms with Gasteiger partial charge in [-0.15, -0.1) is 0 Å². The quantitative estimate of drug-likeness (QED) is 0.226. The number of ketones is 1. The molecule has 3 rings (SSSR count). The molecule has 0 heterocycles. The zero-order valence-corrected chi connectivity index (χ0v) is 23.6. The molecule has 1 aliphatic rings. The molecule has 2 aromatic carbocycles. The van der Waals surface area contributed by atoms with Gasteiger partial charge in [-0.1, -0.05) is 89.2 Å². The van der Waals surface area contributed by atoms with E-state index < -0.39 is 0 Å². The van der Waals surface area contributed by atoms with Gasteiger partial charge in [-0.05, 0) is 61.1 Å². The third-order valence-corrected chi connectivity index (χ3v) is 7.65. The normalized spacial score (nSPS) is 15.2. The second-order valence-corrected chi connectivity index (χ2v) is 10.5. The van der Waals surface area contributed by atoms with Crippen LogP contribution in [0.2, 0.25) is 0 Å². The minimum atomic E-state index is -0.333. The molecule has 196 valence electrons. The van der Waals surface area contributed by atoms with Crippen molar-refractivity contribution in [2.45, 2.75) is 85.0 Å². The van der Waals surface area contributed by atoms with Crippen molar-refractivity contribution in [2.24, 2.45) is 0 Å². The zero-order valence-electron chi connectivity index (χ0n) is 22.9. The Morgan fingerprint density at radius 2 is 1.03 bits per heavy atom. The van der Waals surface area contributed by atoms with Crippen LogP contribution >= 0.6 is 11.6 Å². The summed E-state index contributed by atoms with van der Waals surface area (Å²) in [5, 5.41) is 0.670. The van der Waals surface area contributed by atoms with Crippen molar-refractivity contribution in [3.05, 3.63) is 64.7 Å². The third kappa shape index (κ3) is 6.94. The number of allylic oxidation sites excluding steroid dienone is 2. The lowest BCUT2D eigenvalue weighted by Gasteiger charge is -2.30. The van der Waals surface area contributed by atoms with E-state index in [1.165, 1.54) is 62.7 Å². The Kier molecular flexibility index (Phi) is 11.4. The van der Waals surface area contributed by atoms with Gasteiger partial charge in [-0.2, -0.15) is 0 Å². The Hall–Kier alpha value is -2.26. The molecule has 2 aromatic rings. The average molecular weight is 509 g/mol. The Labute approximate surface area is 224 Å². The van der Waals surface area contributed by atoms with E-state index >= 15 is 0 Å². The molecule has 0 spiro atoms. The highest BCUT2D eigenvalue weighted by Gasteiger charge is 2.39. The number of unbranched alkanes of at least 4 members (excludes halogenated alkanes) is 4. The number of carbonyl (C=O) groups is 1. The summed E-state index contributed by atoms with van der Waals surface area (Å²) in [5.74, 6) is -0.205. The lowest BCUT2D eigenvalue weighted by molar-refractivity contribution is -0.115. The van der Waals surface area contributed by atoms with Crippen LogP contribution in [0.15, 0.2) is 53.6 Å². The Morgan fingerprint density at radius 3 is 1.39 bits per heavy atom. The molecule has 0 fully saturated rings. The Bertz CT molecular complexity index is 964. The van der Waals surface area contributed by atoms with Crippen LogP contribution in [-0.4, -0.2) is 32.0 Å². The number of halogens is 1. The second kappa shape index (κ2) is 14.5. The molecule has 0 saturated heterocycles. The largest absolute Gasteiger partial charge is 0.372 e. The number of hydrogen-bond donors (Lipinski definition) is 0. The maximum absolute atomic E-state index is 13.2. The smallest absolute Gasteiger partial charge is 0.177 e. The van der Waals surface area contributed by atoms with Crippen molar-refractivity contribution < 1.29 is 4.79 Å². The average Bonchev–Trinajstić information content (AvgIpc) is 2.90. The van der Waals surface area contributed by atoms with Crippen LogP contribution in [0.25, 0.3) is 5.57 Å². The molecule has 1 aliphatic carbocycles. The molecule has 0 N–H and O–H groups in total. The first-order valence-electron chi connectivity index (χ1n) is 14.2. The van der Waals surface area contributed by atoms with E-state index in [1.807, 2.05) is 0 Å². The van der Waals surface area contributed by atoms with Gasteiger partial charge in [0.15, 0.2) is 5.78 Å². The van der Waals surface area contributed by atoms with Crippen LogP contribution in [0.4, 0.5) is 11.4 Å². The van der Waals surface area contributed by atoms with E-state index in [-0.39, 0.29) is 11.7 Å². The molecule has 0 radical (unpaired) electrons. The van der Waals surface area contributed by atoms with Crippen LogP contribution in [0.1, 0.15) is 96.1 Å². The van der Waals surface area contributed by atoms with Gasteiger partial charge in [0.1, 0.15) is 0 Å². The van der Waals surface area contributed by atoms with Crippen LogP contribution in [0.3, 0.4) is 0 Å². The summed E-state index contributed by atoms with van der Waals surface area (Å²) in [6.45, 7) is 13.2. The van der Waals surface area contributed by atoms with Crippen molar-refractivity contribution in [2.75, 3.05) is 36.0 Å². The Morgan fingerprint density at radius 1 is 0.639 bits per heavy atom. The van der Waals surface area contributed by atoms with Crippen molar-refractivity contribution in [3.63, 3.8) is 0 Å². The van der Waals surface area contributed by atoms with Gasteiger partial charge in [0.2, 0.25) is 0 Å². The highest BCUT2D eigenvalue weighted by Crippen LogP contribution is 2.47. The third-order valence-electron chi connectivity index (χ3n) is 7.24. The second-order valence-electron chi connectivity index (χ2n) is 10.0. The van der Waals surface area contributed by atoms with E-state index in [0.29, 0.717) is 10.6 Å². The molecule has 0 saturated carbocycles. The molecule has 3 nitrogen and oxygen atoms in total. The Balaban J connectivity index is 1.73. The molecule has 0 amide bonds. The van der Waals surface area contributed by atoms with Crippen LogP contribution in [-0.2, 0) is 4.79 Å².